The molecule has 0 saturated carbocycles. The number of hydrogen-bond donors (Lipinski definition) is 2. The summed E-state index contributed by atoms with van der Waals surface area (Å²) in [6.45, 7) is -0.0510. The van der Waals surface area contributed by atoms with Crippen molar-refractivity contribution in [2.45, 2.75) is 12.3 Å². The first-order chi connectivity index (χ1) is 15.1. The molecule has 0 aliphatic heterocycles. The lowest BCUT2D eigenvalue weighted by Crippen LogP contribution is -2.17. The van der Waals surface area contributed by atoms with Gasteiger partial charge in [0.05, 0.1) is 18.5 Å². The van der Waals surface area contributed by atoms with Gasteiger partial charge in [-0.1, -0.05) is 52.3 Å². The van der Waals surface area contributed by atoms with Gasteiger partial charge in [-0.3, -0.25) is 4.98 Å². The molecule has 0 amide bonds. The van der Waals surface area contributed by atoms with Crippen LogP contribution in [0.3, 0.4) is 0 Å². The molecule has 1 unspecified atom stereocenters. The zero-order chi connectivity index (χ0) is 21.5. The fourth-order valence-electron chi connectivity index (χ4n) is 4.52. The monoisotopic (exact) mass is 475 g/mol. The molecule has 1 heterocycles. The third-order valence-electron chi connectivity index (χ3n) is 5.91. The van der Waals surface area contributed by atoms with Crippen LogP contribution in [0, 0.1) is 5.82 Å². The maximum absolute atomic E-state index is 13.4. The van der Waals surface area contributed by atoms with E-state index in [1.807, 2.05) is 48.5 Å². The van der Waals surface area contributed by atoms with Gasteiger partial charge >= 0.3 is 0 Å². The number of pyridine rings is 1. The number of phenolic OH excluding ortho intramolecular Hbond substituents is 1. The zero-order valence-electron chi connectivity index (χ0n) is 16.5. The van der Waals surface area contributed by atoms with Crippen molar-refractivity contribution in [3.8, 4) is 39.3 Å². The standard InChI is InChI=1S/C26H19BrFNO2/c27-17-6-4-15(5-7-17)19-9-11-24(31)26-21-3-1-2-20(23-10-8-18(28)13-29-23)22(21)12-16(14-30)25(19)26/h1-11,13,16,30-31H,12,14H2. The molecule has 5 heteroatoms. The molecule has 1 aliphatic rings. The van der Waals surface area contributed by atoms with Crippen molar-refractivity contribution in [1.29, 1.82) is 0 Å². The molecule has 0 saturated heterocycles. The second kappa shape index (κ2) is 7.91. The van der Waals surface area contributed by atoms with Gasteiger partial charge in [0.1, 0.15) is 11.6 Å². The summed E-state index contributed by atoms with van der Waals surface area (Å²) in [5.74, 6) is -0.391. The lowest BCUT2D eigenvalue weighted by Gasteiger charge is -2.31. The molecule has 4 aromatic rings. The van der Waals surface area contributed by atoms with Gasteiger partial charge in [-0.25, -0.2) is 4.39 Å². The predicted octanol–water partition coefficient (Wildman–Crippen LogP) is 6.32. The van der Waals surface area contributed by atoms with Gasteiger partial charge in [0.2, 0.25) is 0 Å². The van der Waals surface area contributed by atoms with E-state index in [0.717, 1.165) is 43.4 Å². The summed E-state index contributed by atoms with van der Waals surface area (Å²) in [5.41, 5.74) is 7.17. The molecule has 3 nitrogen and oxygen atoms in total. The number of aliphatic hydroxyl groups excluding tert-OH is 1. The summed E-state index contributed by atoms with van der Waals surface area (Å²) >= 11 is 3.48. The summed E-state index contributed by atoms with van der Waals surface area (Å²) in [5, 5.41) is 21.2. The molecule has 154 valence electrons. The van der Waals surface area contributed by atoms with Crippen molar-refractivity contribution >= 4 is 15.9 Å². The molecule has 1 aliphatic carbocycles. The molecule has 3 aromatic carbocycles. The summed E-state index contributed by atoms with van der Waals surface area (Å²) in [6, 6.07) is 20.6. The Morgan fingerprint density at radius 2 is 1.71 bits per heavy atom. The summed E-state index contributed by atoms with van der Waals surface area (Å²) < 4.78 is 14.4. The number of fused-ring (bicyclic) bond motifs is 3. The quantitative estimate of drug-likeness (QED) is 0.364. The van der Waals surface area contributed by atoms with Gasteiger partial charge < -0.3 is 10.2 Å². The normalized spacial score (nSPS) is 14.7. The highest BCUT2D eigenvalue weighted by molar-refractivity contribution is 9.10. The Labute approximate surface area is 188 Å². The van der Waals surface area contributed by atoms with E-state index in [-0.39, 0.29) is 24.1 Å². The SMILES string of the molecule is OCC1Cc2c(-c3ccc(F)cn3)cccc2-c2c(O)ccc(-c3ccc(Br)cc3)c21. The van der Waals surface area contributed by atoms with Crippen molar-refractivity contribution in [2.75, 3.05) is 6.61 Å². The third-order valence-corrected chi connectivity index (χ3v) is 6.44. The Balaban J connectivity index is 1.76. The fraction of sp³-hybridized carbons (Fsp3) is 0.115. The summed E-state index contributed by atoms with van der Waals surface area (Å²) in [7, 11) is 0. The van der Waals surface area contributed by atoms with Crippen LogP contribution in [0.25, 0.3) is 33.5 Å². The molecule has 0 spiro atoms. The third kappa shape index (κ3) is 3.44. The van der Waals surface area contributed by atoms with Gasteiger partial charge in [-0.15, -0.1) is 0 Å². The maximum Gasteiger partial charge on any atom is 0.141 e. The number of aliphatic hydroxyl groups is 1. The topological polar surface area (TPSA) is 53.4 Å². The van der Waals surface area contributed by atoms with Gasteiger partial charge in [0.25, 0.3) is 0 Å². The number of aromatic hydroxyl groups is 1. The number of benzene rings is 3. The zero-order valence-corrected chi connectivity index (χ0v) is 18.1. The largest absolute Gasteiger partial charge is 0.507 e. The highest BCUT2D eigenvalue weighted by Crippen LogP contribution is 2.50. The highest BCUT2D eigenvalue weighted by atomic mass is 79.9. The van der Waals surface area contributed by atoms with Crippen LogP contribution in [-0.4, -0.2) is 21.8 Å². The number of nitrogens with zero attached hydrogens (tertiary/aromatic N) is 1. The van der Waals surface area contributed by atoms with E-state index in [1.54, 1.807) is 12.1 Å². The number of phenols is 1. The number of aromatic nitrogens is 1. The second-order valence-corrected chi connectivity index (χ2v) is 8.62. The summed E-state index contributed by atoms with van der Waals surface area (Å²) in [6.07, 6.45) is 1.80. The Kier molecular flexibility index (Phi) is 5.08. The van der Waals surface area contributed by atoms with Crippen molar-refractivity contribution in [3.05, 3.63) is 94.3 Å². The first kappa shape index (κ1) is 19.9. The van der Waals surface area contributed by atoms with Crippen LogP contribution in [0.4, 0.5) is 4.39 Å². The molecule has 0 radical (unpaired) electrons. The molecular weight excluding hydrogens is 457 g/mol. The molecule has 1 aromatic heterocycles. The molecule has 31 heavy (non-hydrogen) atoms. The Morgan fingerprint density at radius 3 is 2.42 bits per heavy atom. The van der Waals surface area contributed by atoms with E-state index < -0.39 is 0 Å². The van der Waals surface area contributed by atoms with E-state index in [1.165, 1.54) is 12.3 Å². The second-order valence-electron chi connectivity index (χ2n) is 7.70. The van der Waals surface area contributed by atoms with Gasteiger partial charge in [-0.2, -0.15) is 0 Å². The summed E-state index contributed by atoms with van der Waals surface area (Å²) in [4.78, 5) is 4.25. The van der Waals surface area contributed by atoms with E-state index in [4.69, 9.17) is 0 Å². The minimum Gasteiger partial charge on any atom is -0.507 e. The number of rotatable bonds is 3. The lowest BCUT2D eigenvalue weighted by molar-refractivity contribution is 0.264. The van der Waals surface area contributed by atoms with Crippen LogP contribution in [0.1, 0.15) is 17.0 Å². The first-order valence-corrected chi connectivity index (χ1v) is 10.8. The average molecular weight is 476 g/mol. The minimum absolute atomic E-state index is 0.0510. The van der Waals surface area contributed by atoms with Crippen molar-refractivity contribution in [2.24, 2.45) is 0 Å². The smallest absolute Gasteiger partial charge is 0.141 e. The van der Waals surface area contributed by atoms with Crippen molar-refractivity contribution in [1.82, 2.24) is 4.98 Å². The van der Waals surface area contributed by atoms with Crippen LogP contribution in [0.15, 0.2) is 77.4 Å². The van der Waals surface area contributed by atoms with Gasteiger partial charge in [-0.05, 0) is 64.6 Å². The van der Waals surface area contributed by atoms with Crippen molar-refractivity contribution in [3.63, 3.8) is 0 Å². The van der Waals surface area contributed by atoms with Crippen LogP contribution < -0.4 is 0 Å². The Bertz CT molecular complexity index is 1270. The highest BCUT2D eigenvalue weighted by Gasteiger charge is 2.31. The molecular formula is C26H19BrFNO2. The molecule has 0 bridgehead atoms. The predicted molar refractivity (Wildman–Crippen MR) is 123 cm³/mol. The number of halogens is 2. The van der Waals surface area contributed by atoms with Gasteiger partial charge in [0, 0.05) is 21.5 Å². The fourth-order valence-corrected chi connectivity index (χ4v) is 4.78. The van der Waals surface area contributed by atoms with E-state index in [2.05, 4.69) is 20.9 Å². The van der Waals surface area contributed by atoms with Crippen LogP contribution in [-0.2, 0) is 6.42 Å². The van der Waals surface area contributed by atoms with E-state index in [0.29, 0.717) is 12.1 Å². The van der Waals surface area contributed by atoms with Crippen molar-refractivity contribution < 1.29 is 14.6 Å². The molecule has 5 rings (SSSR count). The lowest BCUT2D eigenvalue weighted by atomic mass is 9.74. The van der Waals surface area contributed by atoms with Crippen LogP contribution in [0.5, 0.6) is 5.75 Å². The number of hydrogen-bond acceptors (Lipinski definition) is 3. The first-order valence-electron chi connectivity index (χ1n) is 10.0. The molecule has 1 atom stereocenters. The van der Waals surface area contributed by atoms with Gasteiger partial charge in [0.15, 0.2) is 0 Å². The molecule has 2 N–H and O–H groups in total. The van der Waals surface area contributed by atoms with Crippen LogP contribution >= 0.6 is 15.9 Å². The minimum atomic E-state index is -0.385. The average Bonchev–Trinajstić information content (AvgIpc) is 2.79. The van der Waals surface area contributed by atoms with E-state index in [9.17, 15) is 14.6 Å². The van der Waals surface area contributed by atoms with Crippen LogP contribution in [0.2, 0.25) is 0 Å². The Hall–Kier alpha value is -3.02. The molecule has 0 fully saturated rings. The van der Waals surface area contributed by atoms with E-state index >= 15 is 0 Å². The Morgan fingerprint density at radius 1 is 0.935 bits per heavy atom. The maximum atomic E-state index is 13.4.